The molecule has 4 nitrogen and oxygen atoms in total. The van der Waals surface area contributed by atoms with Crippen LogP contribution < -0.4 is 4.74 Å². The van der Waals surface area contributed by atoms with Crippen LogP contribution in [0.4, 0.5) is 4.39 Å². The molecule has 138 valence electrons. The quantitative estimate of drug-likeness (QED) is 0.851. The monoisotopic (exact) mass is 357 g/mol. The van der Waals surface area contributed by atoms with Crippen LogP contribution in [0.3, 0.4) is 0 Å². The highest BCUT2D eigenvalue weighted by atomic mass is 19.1. The molecule has 5 heteroatoms. The highest BCUT2D eigenvalue weighted by molar-refractivity contribution is 5.70. The fourth-order valence-electron chi connectivity index (χ4n) is 3.47. The molecule has 0 saturated carbocycles. The van der Waals surface area contributed by atoms with Gasteiger partial charge in [-0.15, -0.1) is 0 Å². The van der Waals surface area contributed by atoms with E-state index in [0.29, 0.717) is 19.1 Å². The van der Waals surface area contributed by atoms with E-state index in [-0.39, 0.29) is 11.7 Å². The maximum Gasteiger partial charge on any atom is 0.307 e. The summed E-state index contributed by atoms with van der Waals surface area (Å²) in [6.07, 6.45) is 0.752. The summed E-state index contributed by atoms with van der Waals surface area (Å²) in [4.78, 5) is 13.5. The van der Waals surface area contributed by atoms with Gasteiger partial charge in [0, 0.05) is 19.6 Å². The van der Waals surface area contributed by atoms with Crippen LogP contribution >= 0.6 is 0 Å². The van der Waals surface area contributed by atoms with Crippen molar-refractivity contribution in [2.45, 2.75) is 26.5 Å². The number of likely N-dealkylation sites (tertiary alicyclic amines) is 1. The van der Waals surface area contributed by atoms with E-state index in [0.717, 1.165) is 36.4 Å². The number of rotatable bonds is 6. The lowest BCUT2D eigenvalue weighted by atomic mass is 9.90. The third-order valence-electron chi connectivity index (χ3n) is 4.73. The summed E-state index contributed by atoms with van der Waals surface area (Å²) >= 11 is 0. The zero-order valence-electron chi connectivity index (χ0n) is 14.9. The number of aliphatic carboxylic acids is 1. The van der Waals surface area contributed by atoms with E-state index < -0.39 is 5.97 Å². The van der Waals surface area contributed by atoms with Gasteiger partial charge >= 0.3 is 5.97 Å². The molecule has 26 heavy (non-hydrogen) atoms. The van der Waals surface area contributed by atoms with Crippen LogP contribution in [0, 0.1) is 17.7 Å². The first-order valence-corrected chi connectivity index (χ1v) is 8.91. The van der Waals surface area contributed by atoms with Gasteiger partial charge in [0.15, 0.2) is 0 Å². The molecule has 1 fully saturated rings. The third kappa shape index (κ3) is 5.05. The maximum absolute atomic E-state index is 12.9. The predicted molar refractivity (Wildman–Crippen MR) is 97.4 cm³/mol. The molecule has 0 radical (unpaired) electrons. The van der Waals surface area contributed by atoms with Crippen molar-refractivity contribution in [3.63, 3.8) is 0 Å². The summed E-state index contributed by atoms with van der Waals surface area (Å²) in [5, 5.41) is 9.28. The number of hydrogen-bond donors (Lipinski definition) is 1. The molecule has 2 aromatic rings. The summed E-state index contributed by atoms with van der Waals surface area (Å²) < 4.78 is 18.6. The molecule has 2 atom stereocenters. The summed E-state index contributed by atoms with van der Waals surface area (Å²) in [7, 11) is 0. The number of nitrogens with zero attached hydrogens (tertiary/aromatic N) is 1. The van der Waals surface area contributed by atoms with Gasteiger partial charge in [-0.05, 0) is 47.7 Å². The Morgan fingerprint density at radius 3 is 2.42 bits per heavy atom. The van der Waals surface area contributed by atoms with Gasteiger partial charge in [-0.2, -0.15) is 0 Å². The molecule has 2 aromatic carbocycles. The number of benzene rings is 2. The van der Waals surface area contributed by atoms with E-state index >= 15 is 0 Å². The lowest BCUT2D eigenvalue weighted by Gasteiger charge is -2.34. The minimum atomic E-state index is -0.703. The van der Waals surface area contributed by atoms with Gasteiger partial charge in [0.05, 0.1) is 5.92 Å². The Bertz CT molecular complexity index is 730. The van der Waals surface area contributed by atoms with Gasteiger partial charge in [0.2, 0.25) is 0 Å². The molecule has 1 aliphatic heterocycles. The number of hydrogen-bond acceptors (Lipinski definition) is 3. The van der Waals surface area contributed by atoms with E-state index in [9.17, 15) is 14.3 Å². The van der Waals surface area contributed by atoms with E-state index in [1.807, 2.05) is 24.3 Å². The van der Waals surface area contributed by atoms with Crippen LogP contribution in [0.2, 0.25) is 0 Å². The second kappa shape index (κ2) is 8.32. The largest absolute Gasteiger partial charge is 0.489 e. The number of carboxylic acid groups (broad SMARTS) is 1. The molecule has 0 bridgehead atoms. The van der Waals surface area contributed by atoms with Crippen molar-refractivity contribution in [3.8, 4) is 5.75 Å². The molecule has 3 rings (SSSR count). The number of carboxylic acids is 1. The SMILES string of the molecule is CC1CC(C(=O)O)CN(Cc2ccc(OCc3ccc(F)cc3)cc2)C1. The summed E-state index contributed by atoms with van der Waals surface area (Å²) in [5.74, 6) is -0.0879. The first-order chi connectivity index (χ1) is 12.5. The maximum atomic E-state index is 12.9. The molecule has 1 N–H and O–H groups in total. The van der Waals surface area contributed by atoms with E-state index in [4.69, 9.17) is 4.74 Å². The van der Waals surface area contributed by atoms with Gasteiger partial charge in [0.25, 0.3) is 0 Å². The Morgan fingerprint density at radius 2 is 1.77 bits per heavy atom. The van der Waals surface area contributed by atoms with E-state index in [1.165, 1.54) is 12.1 Å². The summed E-state index contributed by atoms with van der Waals surface area (Å²) in [6, 6.07) is 14.1. The molecule has 1 aliphatic rings. The second-order valence-electron chi connectivity index (χ2n) is 7.13. The molecule has 0 spiro atoms. The topological polar surface area (TPSA) is 49.8 Å². The minimum Gasteiger partial charge on any atom is -0.489 e. The van der Waals surface area contributed by atoms with Gasteiger partial charge in [-0.25, -0.2) is 4.39 Å². The summed E-state index contributed by atoms with van der Waals surface area (Å²) in [5.41, 5.74) is 2.05. The standard InChI is InChI=1S/C21H24FNO3/c1-15-10-18(21(24)25)13-23(11-15)12-16-4-8-20(9-5-16)26-14-17-2-6-19(22)7-3-17/h2-9,15,18H,10-14H2,1H3,(H,24,25). The molecular formula is C21H24FNO3. The number of carbonyl (C=O) groups is 1. The smallest absolute Gasteiger partial charge is 0.307 e. The average molecular weight is 357 g/mol. The Morgan fingerprint density at radius 1 is 1.12 bits per heavy atom. The second-order valence-corrected chi connectivity index (χ2v) is 7.13. The van der Waals surface area contributed by atoms with Crippen LogP contribution in [0.25, 0.3) is 0 Å². The van der Waals surface area contributed by atoms with Crippen molar-refractivity contribution >= 4 is 5.97 Å². The van der Waals surface area contributed by atoms with Crippen LogP contribution in [0.15, 0.2) is 48.5 Å². The van der Waals surface area contributed by atoms with Gasteiger partial charge < -0.3 is 9.84 Å². The van der Waals surface area contributed by atoms with Gasteiger partial charge in [-0.1, -0.05) is 31.2 Å². The predicted octanol–water partition coefficient (Wildman–Crippen LogP) is 3.95. The Kier molecular flexibility index (Phi) is 5.89. The van der Waals surface area contributed by atoms with Crippen molar-refractivity contribution in [1.29, 1.82) is 0 Å². The molecule has 0 amide bonds. The average Bonchev–Trinajstić information content (AvgIpc) is 2.62. The first kappa shape index (κ1) is 18.4. The lowest BCUT2D eigenvalue weighted by Crippen LogP contribution is -2.41. The van der Waals surface area contributed by atoms with Crippen molar-refractivity contribution < 1.29 is 19.0 Å². The minimum absolute atomic E-state index is 0.254. The van der Waals surface area contributed by atoms with Crippen molar-refractivity contribution in [2.75, 3.05) is 13.1 Å². The molecule has 0 aromatic heterocycles. The highest BCUT2D eigenvalue weighted by Gasteiger charge is 2.29. The van der Waals surface area contributed by atoms with E-state index in [2.05, 4.69) is 11.8 Å². The third-order valence-corrected chi connectivity index (χ3v) is 4.73. The number of ether oxygens (including phenoxy) is 1. The Balaban J connectivity index is 1.54. The normalized spacial score (nSPS) is 20.7. The van der Waals surface area contributed by atoms with E-state index in [1.54, 1.807) is 12.1 Å². The number of piperidine rings is 1. The zero-order valence-corrected chi connectivity index (χ0v) is 14.9. The van der Waals surface area contributed by atoms with Gasteiger partial charge in [0.1, 0.15) is 18.2 Å². The molecule has 0 aliphatic carbocycles. The zero-order chi connectivity index (χ0) is 18.5. The van der Waals surface area contributed by atoms with Crippen LogP contribution in [0.5, 0.6) is 5.75 Å². The van der Waals surface area contributed by atoms with Crippen LogP contribution in [0.1, 0.15) is 24.5 Å². The van der Waals surface area contributed by atoms with Crippen LogP contribution in [-0.4, -0.2) is 29.1 Å². The fraction of sp³-hybridized carbons (Fsp3) is 0.381. The fourth-order valence-corrected chi connectivity index (χ4v) is 3.47. The summed E-state index contributed by atoms with van der Waals surface area (Å²) in [6.45, 7) is 4.76. The van der Waals surface area contributed by atoms with Crippen LogP contribution in [-0.2, 0) is 17.9 Å². The first-order valence-electron chi connectivity index (χ1n) is 8.91. The number of halogens is 1. The Labute approximate surface area is 153 Å². The highest BCUT2D eigenvalue weighted by Crippen LogP contribution is 2.24. The molecule has 2 unspecified atom stereocenters. The van der Waals surface area contributed by atoms with Crippen molar-refractivity contribution in [3.05, 3.63) is 65.5 Å². The molecule has 1 saturated heterocycles. The Hall–Kier alpha value is -2.40. The molecular weight excluding hydrogens is 333 g/mol. The lowest BCUT2D eigenvalue weighted by molar-refractivity contribution is -0.144. The van der Waals surface area contributed by atoms with Crippen molar-refractivity contribution in [2.24, 2.45) is 11.8 Å². The molecule has 1 heterocycles. The van der Waals surface area contributed by atoms with Crippen molar-refractivity contribution in [1.82, 2.24) is 4.90 Å². The van der Waals surface area contributed by atoms with Gasteiger partial charge in [-0.3, -0.25) is 9.69 Å².